The van der Waals surface area contributed by atoms with E-state index >= 15 is 0 Å². The fourth-order valence-electron chi connectivity index (χ4n) is 1.85. The number of phenols is 2. The molecular formula is C19H22O2. The number of benzene rings is 2. The van der Waals surface area contributed by atoms with Crippen LogP contribution in [-0.2, 0) is 6.42 Å². The number of hydrogen-bond acceptors (Lipinski definition) is 2. The standard InChI is InChI=1S/C11H14O.C8H8O/c1-3-5-10-8-9(4-2)6-7-11(10)12;1-2-7-4-3-5-8(9)6-7/h4,6-8,12H,2-3,5H2,1H3;2-6,9H,1H2. The van der Waals surface area contributed by atoms with E-state index < -0.39 is 0 Å². The Bertz CT molecular complexity index is 600. The lowest BCUT2D eigenvalue weighted by molar-refractivity contribution is 0.467. The number of phenolic OH excluding ortho intramolecular Hbond substituents is 2. The zero-order valence-corrected chi connectivity index (χ0v) is 12.4. The number of rotatable bonds is 4. The Morgan fingerprint density at radius 1 is 0.952 bits per heavy atom. The van der Waals surface area contributed by atoms with Gasteiger partial charge in [-0.05, 0) is 47.4 Å². The van der Waals surface area contributed by atoms with Crippen molar-refractivity contribution in [2.45, 2.75) is 19.8 Å². The molecule has 0 saturated carbocycles. The summed E-state index contributed by atoms with van der Waals surface area (Å²) in [5, 5.41) is 18.3. The van der Waals surface area contributed by atoms with Crippen molar-refractivity contribution in [3.8, 4) is 11.5 Å². The SMILES string of the molecule is C=Cc1ccc(O)c(CCC)c1.C=Cc1cccc(O)c1. The van der Waals surface area contributed by atoms with E-state index in [0.717, 1.165) is 29.5 Å². The van der Waals surface area contributed by atoms with Gasteiger partial charge < -0.3 is 10.2 Å². The summed E-state index contributed by atoms with van der Waals surface area (Å²) in [4.78, 5) is 0. The first-order valence-corrected chi connectivity index (χ1v) is 6.96. The molecule has 2 aromatic rings. The number of hydrogen-bond donors (Lipinski definition) is 2. The largest absolute Gasteiger partial charge is 0.508 e. The maximum absolute atomic E-state index is 9.43. The van der Waals surface area contributed by atoms with Gasteiger partial charge in [-0.15, -0.1) is 0 Å². The van der Waals surface area contributed by atoms with Gasteiger partial charge in [-0.2, -0.15) is 0 Å². The third-order valence-corrected chi connectivity index (χ3v) is 2.96. The van der Waals surface area contributed by atoms with Crippen LogP contribution in [0.5, 0.6) is 11.5 Å². The maximum Gasteiger partial charge on any atom is 0.118 e. The zero-order chi connectivity index (χ0) is 15.7. The summed E-state index contributed by atoms with van der Waals surface area (Å²) in [7, 11) is 0. The second kappa shape index (κ2) is 8.64. The van der Waals surface area contributed by atoms with Crippen molar-refractivity contribution in [2.75, 3.05) is 0 Å². The topological polar surface area (TPSA) is 40.5 Å². The summed E-state index contributed by atoms with van der Waals surface area (Å²) in [6.07, 6.45) is 5.46. The fourth-order valence-corrected chi connectivity index (χ4v) is 1.85. The fraction of sp³-hybridized carbons (Fsp3) is 0.158. The van der Waals surface area contributed by atoms with Gasteiger partial charge in [0.25, 0.3) is 0 Å². The molecule has 110 valence electrons. The Morgan fingerprint density at radius 2 is 1.62 bits per heavy atom. The Labute approximate surface area is 126 Å². The molecule has 0 saturated heterocycles. The molecule has 2 nitrogen and oxygen atoms in total. The van der Waals surface area contributed by atoms with Gasteiger partial charge in [-0.25, -0.2) is 0 Å². The number of aromatic hydroxyl groups is 2. The molecule has 0 fully saturated rings. The van der Waals surface area contributed by atoms with Crippen LogP contribution in [0.4, 0.5) is 0 Å². The van der Waals surface area contributed by atoms with Gasteiger partial charge in [0.1, 0.15) is 11.5 Å². The van der Waals surface area contributed by atoms with E-state index in [1.165, 1.54) is 0 Å². The molecule has 0 heterocycles. The highest BCUT2D eigenvalue weighted by molar-refractivity contribution is 5.51. The maximum atomic E-state index is 9.43. The minimum Gasteiger partial charge on any atom is -0.508 e. The van der Waals surface area contributed by atoms with Crippen LogP contribution in [0.2, 0.25) is 0 Å². The molecule has 0 spiro atoms. The van der Waals surface area contributed by atoms with Gasteiger partial charge in [0, 0.05) is 0 Å². The van der Waals surface area contributed by atoms with Crippen molar-refractivity contribution in [2.24, 2.45) is 0 Å². The highest BCUT2D eigenvalue weighted by Gasteiger charge is 1.99. The van der Waals surface area contributed by atoms with Crippen LogP contribution in [0.3, 0.4) is 0 Å². The average molecular weight is 282 g/mol. The molecule has 0 aliphatic rings. The molecule has 2 heteroatoms. The van der Waals surface area contributed by atoms with Crippen LogP contribution in [-0.4, -0.2) is 10.2 Å². The predicted octanol–water partition coefficient (Wildman–Crippen LogP) is 5.02. The van der Waals surface area contributed by atoms with E-state index in [1.54, 1.807) is 36.4 Å². The van der Waals surface area contributed by atoms with E-state index in [-0.39, 0.29) is 5.75 Å². The summed E-state index contributed by atoms with van der Waals surface area (Å²) in [6, 6.07) is 12.5. The third-order valence-electron chi connectivity index (χ3n) is 2.96. The van der Waals surface area contributed by atoms with Gasteiger partial charge in [0.2, 0.25) is 0 Å². The van der Waals surface area contributed by atoms with Gasteiger partial charge in [-0.3, -0.25) is 0 Å². The van der Waals surface area contributed by atoms with Crippen molar-refractivity contribution >= 4 is 12.2 Å². The molecule has 0 bridgehead atoms. The second-order valence-corrected chi connectivity index (χ2v) is 4.64. The van der Waals surface area contributed by atoms with E-state index in [4.69, 9.17) is 5.11 Å². The molecule has 0 aliphatic carbocycles. The average Bonchev–Trinajstić information content (AvgIpc) is 2.50. The van der Waals surface area contributed by atoms with E-state index in [9.17, 15) is 5.11 Å². The van der Waals surface area contributed by atoms with Crippen molar-refractivity contribution in [3.63, 3.8) is 0 Å². The Hall–Kier alpha value is -2.48. The molecule has 21 heavy (non-hydrogen) atoms. The normalized spacial score (nSPS) is 9.38. The minimum absolute atomic E-state index is 0.285. The lowest BCUT2D eigenvalue weighted by Gasteiger charge is -2.03. The van der Waals surface area contributed by atoms with Crippen LogP contribution in [0, 0.1) is 0 Å². The van der Waals surface area contributed by atoms with Crippen molar-refractivity contribution in [3.05, 3.63) is 72.3 Å². The first-order valence-electron chi connectivity index (χ1n) is 6.96. The lowest BCUT2D eigenvalue weighted by atomic mass is 10.1. The van der Waals surface area contributed by atoms with Gasteiger partial charge >= 0.3 is 0 Å². The molecule has 0 aliphatic heterocycles. The Kier molecular flexibility index (Phi) is 6.82. The Balaban J connectivity index is 0.000000219. The van der Waals surface area contributed by atoms with Crippen LogP contribution in [0.1, 0.15) is 30.0 Å². The summed E-state index contributed by atoms with van der Waals surface area (Å²) in [5.74, 6) is 0.676. The zero-order valence-electron chi connectivity index (χ0n) is 12.4. The van der Waals surface area contributed by atoms with E-state index in [2.05, 4.69) is 20.1 Å². The monoisotopic (exact) mass is 282 g/mol. The highest BCUT2D eigenvalue weighted by Crippen LogP contribution is 2.20. The summed E-state index contributed by atoms with van der Waals surface area (Å²) >= 11 is 0. The molecule has 0 radical (unpaired) electrons. The first kappa shape index (κ1) is 16.6. The second-order valence-electron chi connectivity index (χ2n) is 4.64. The molecular weight excluding hydrogens is 260 g/mol. The van der Waals surface area contributed by atoms with Gasteiger partial charge in [0.05, 0.1) is 0 Å². The molecule has 0 atom stereocenters. The van der Waals surface area contributed by atoms with Crippen LogP contribution in [0.15, 0.2) is 55.6 Å². The van der Waals surface area contributed by atoms with Crippen molar-refractivity contribution in [1.82, 2.24) is 0 Å². The predicted molar refractivity (Wildman–Crippen MR) is 90.4 cm³/mol. The molecule has 0 amide bonds. The van der Waals surface area contributed by atoms with Crippen molar-refractivity contribution in [1.29, 1.82) is 0 Å². The third kappa shape index (κ3) is 5.57. The highest BCUT2D eigenvalue weighted by atomic mass is 16.3. The molecule has 0 unspecified atom stereocenters. The van der Waals surface area contributed by atoms with E-state index in [0.29, 0.717) is 5.75 Å². The molecule has 0 aromatic heterocycles. The molecule has 2 rings (SSSR count). The van der Waals surface area contributed by atoms with Crippen LogP contribution >= 0.6 is 0 Å². The summed E-state index contributed by atoms with van der Waals surface area (Å²) in [5.41, 5.74) is 3.01. The number of aryl methyl sites for hydroxylation is 1. The molecule has 2 aromatic carbocycles. The smallest absolute Gasteiger partial charge is 0.118 e. The first-order chi connectivity index (χ1) is 10.1. The van der Waals surface area contributed by atoms with Crippen LogP contribution < -0.4 is 0 Å². The summed E-state index contributed by atoms with van der Waals surface area (Å²) in [6.45, 7) is 9.34. The van der Waals surface area contributed by atoms with Crippen LogP contribution in [0.25, 0.3) is 12.2 Å². The quantitative estimate of drug-likeness (QED) is 0.826. The summed E-state index contributed by atoms with van der Waals surface area (Å²) < 4.78 is 0. The minimum atomic E-state index is 0.285. The van der Waals surface area contributed by atoms with Gasteiger partial charge in [-0.1, -0.05) is 56.9 Å². The Morgan fingerprint density at radius 3 is 2.14 bits per heavy atom. The van der Waals surface area contributed by atoms with Crippen molar-refractivity contribution < 1.29 is 10.2 Å². The lowest BCUT2D eigenvalue weighted by Crippen LogP contribution is -1.85. The van der Waals surface area contributed by atoms with Gasteiger partial charge in [0.15, 0.2) is 0 Å². The van der Waals surface area contributed by atoms with E-state index in [1.807, 2.05) is 18.2 Å². The molecule has 2 N–H and O–H groups in total.